The van der Waals surface area contributed by atoms with Crippen molar-refractivity contribution in [1.29, 1.82) is 0 Å². The van der Waals surface area contributed by atoms with Crippen molar-refractivity contribution >= 4 is 29.7 Å². The van der Waals surface area contributed by atoms with Gasteiger partial charge in [-0.1, -0.05) is 11.6 Å². The van der Waals surface area contributed by atoms with Crippen molar-refractivity contribution in [1.82, 2.24) is 20.4 Å². The molecule has 27 heavy (non-hydrogen) atoms. The molecule has 0 spiro atoms. The molecule has 0 aromatic rings. The average molecular weight is 378 g/mol. The van der Waals surface area contributed by atoms with Crippen molar-refractivity contribution < 1.29 is 24.0 Å². The first kappa shape index (κ1) is 20.6. The summed E-state index contributed by atoms with van der Waals surface area (Å²) in [6, 6.07) is -1.60. The Labute approximate surface area is 158 Å². The standard InChI is InChI=1S/C18H26N4O5/c1-3-19-15(24)12(2)20-14(23)11-22-17(26)16(25)21(18(22)27)10-9-13-7-5-4-6-8-13/h7,12H,3-6,8-11H2,1-2H3,(H,19,24)(H,20,23)/t12-/m0/s1. The number of amides is 6. The summed E-state index contributed by atoms with van der Waals surface area (Å²) in [7, 11) is 0. The molecule has 6 amide bonds. The summed E-state index contributed by atoms with van der Waals surface area (Å²) in [6.45, 7) is 3.19. The van der Waals surface area contributed by atoms with Crippen molar-refractivity contribution in [3.63, 3.8) is 0 Å². The summed E-state index contributed by atoms with van der Waals surface area (Å²) in [5, 5.41) is 4.96. The molecule has 0 saturated carbocycles. The van der Waals surface area contributed by atoms with Crippen LogP contribution in [0.15, 0.2) is 11.6 Å². The molecule has 1 fully saturated rings. The number of nitrogens with one attached hydrogen (secondary N) is 2. The molecule has 2 aliphatic rings. The van der Waals surface area contributed by atoms with E-state index in [0.717, 1.165) is 30.6 Å². The lowest BCUT2D eigenvalue weighted by atomic mass is 9.97. The molecular weight excluding hydrogens is 352 g/mol. The van der Waals surface area contributed by atoms with E-state index in [1.807, 2.05) is 0 Å². The highest BCUT2D eigenvalue weighted by Crippen LogP contribution is 2.21. The van der Waals surface area contributed by atoms with Gasteiger partial charge in [0.1, 0.15) is 12.6 Å². The molecule has 2 N–H and O–H groups in total. The van der Waals surface area contributed by atoms with Crippen LogP contribution in [0, 0.1) is 0 Å². The van der Waals surface area contributed by atoms with E-state index in [1.54, 1.807) is 6.92 Å². The summed E-state index contributed by atoms with van der Waals surface area (Å²) in [5.74, 6) is -2.98. The summed E-state index contributed by atoms with van der Waals surface area (Å²) < 4.78 is 0. The number of rotatable bonds is 8. The molecule has 148 valence electrons. The molecule has 1 saturated heterocycles. The molecule has 0 unspecified atom stereocenters. The lowest BCUT2D eigenvalue weighted by Gasteiger charge is -2.18. The van der Waals surface area contributed by atoms with E-state index in [4.69, 9.17) is 0 Å². The minimum absolute atomic E-state index is 0.128. The quantitative estimate of drug-likeness (QED) is 0.358. The van der Waals surface area contributed by atoms with E-state index in [1.165, 1.54) is 12.5 Å². The van der Waals surface area contributed by atoms with Crippen molar-refractivity contribution in [3.05, 3.63) is 11.6 Å². The highest BCUT2D eigenvalue weighted by atomic mass is 16.2. The van der Waals surface area contributed by atoms with Gasteiger partial charge in [-0.2, -0.15) is 0 Å². The van der Waals surface area contributed by atoms with E-state index in [0.29, 0.717) is 17.9 Å². The summed E-state index contributed by atoms with van der Waals surface area (Å²) in [5.41, 5.74) is 1.18. The number of hydrogen-bond acceptors (Lipinski definition) is 5. The Kier molecular flexibility index (Phi) is 7.09. The Morgan fingerprint density at radius 3 is 2.48 bits per heavy atom. The summed E-state index contributed by atoms with van der Waals surface area (Å²) in [4.78, 5) is 61.8. The molecule has 9 heteroatoms. The SMILES string of the molecule is CCNC(=O)[C@H](C)NC(=O)CN1C(=O)C(=O)N(CCC2=CCCCC2)C1=O. The van der Waals surface area contributed by atoms with E-state index in [2.05, 4.69) is 16.7 Å². The van der Waals surface area contributed by atoms with Crippen molar-refractivity contribution in [2.45, 2.75) is 52.0 Å². The fraction of sp³-hybridized carbons (Fsp3) is 0.611. The predicted molar refractivity (Wildman–Crippen MR) is 96.3 cm³/mol. The smallest absolute Gasteiger partial charge is 0.334 e. The summed E-state index contributed by atoms with van der Waals surface area (Å²) >= 11 is 0. The maximum absolute atomic E-state index is 12.4. The molecule has 1 aliphatic carbocycles. The van der Waals surface area contributed by atoms with Gasteiger partial charge in [0, 0.05) is 13.1 Å². The van der Waals surface area contributed by atoms with Crippen LogP contribution in [0.5, 0.6) is 0 Å². The van der Waals surface area contributed by atoms with E-state index < -0.39 is 36.3 Å². The van der Waals surface area contributed by atoms with Crippen LogP contribution in [-0.4, -0.2) is 65.1 Å². The molecule has 1 aliphatic heterocycles. The molecule has 9 nitrogen and oxygen atoms in total. The number of nitrogens with zero attached hydrogens (tertiary/aromatic N) is 2. The number of imide groups is 2. The van der Waals surface area contributed by atoms with Gasteiger partial charge in [0.25, 0.3) is 0 Å². The maximum atomic E-state index is 12.4. The van der Waals surface area contributed by atoms with Gasteiger partial charge in [0.15, 0.2) is 0 Å². The van der Waals surface area contributed by atoms with Crippen LogP contribution in [0.3, 0.4) is 0 Å². The Morgan fingerprint density at radius 2 is 1.85 bits per heavy atom. The highest BCUT2D eigenvalue weighted by Gasteiger charge is 2.45. The molecule has 0 aromatic carbocycles. The normalized spacial score (nSPS) is 18.4. The molecule has 2 rings (SSSR count). The minimum atomic E-state index is -1.02. The zero-order valence-electron chi connectivity index (χ0n) is 15.7. The molecule has 0 aromatic heterocycles. The minimum Gasteiger partial charge on any atom is -0.355 e. The van der Waals surface area contributed by atoms with Gasteiger partial charge in [-0.25, -0.2) is 9.69 Å². The van der Waals surface area contributed by atoms with Crippen LogP contribution >= 0.6 is 0 Å². The molecule has 0 radical (unpaired) electrons. The number of carbonyl (C=O) groups excluding carboxylic acids is 5. The fourth-order valence-electron chi connectivity index (χ4n) is 3.10. The van der Waals surface area contributed by atoms with Gasteiger partial charge >= 0.3 is 17.8 Å². The van der Waals surface area contributed by atoms with Crippen molar-refractivity contribution in [2.75, 3.05) is 19.6 Å². The van der Waals surface area contributed by atoms with E-state index in [9.17, 15) is 24.0 Å². The Hall–Kier alpha value is -2.71. The number of hydrogen-bond donors (Lipinski definition) is 2. The lowest BCUT2D eigenvalue weighted by Crippen LogP contribution is -2.49. The van der Waals surface area contributed by atoms with Crippen LogP contribution < -0.4 is 10.6 Å². The molecule has 0 bridgehead atoms. The molecule has 1 heterocycles. The molecule has 1 atom stereocenters. The van der Waals surface area contributed by atoms with Gasteiger partial charge < -0.3 is 10.6 Å². The van der Waals surface area contributed by atoms with Crippen molar-refractivity contribution in [2.24, 2.45) is 0 Å². The monoisotopic (exact) mass is 378 g/mol. The topological polar surface area (TPSA) is 116 Å². The van der Waals surface area contributed by atoms with E-state index >= 15 is 0 Å². The van der Waals surface area contributed by atoms with Gasteiger partial charge in [-0.05, 0) is 46.0 Å². The third-order valence-electron chi connectivity index (χ3n) is 4.60. The average Bonchev–Trinajstić information content (AvgIpc) is 2.84. The number of likely N-dealkylation sites (N-methyl/N-ethyl adjacent to an activating group) is 1. The van der Waals surface area contributed by atoms with Crippen LogP contribution in [0.1, 0.15) is 46.0 Å². The predicted octanol–water partition coefficient (Wildman–Crippen LogP) is 0.308. The second-order valence-electron chi connectivity index (χ2n) is 6.67. The first-order valence-electron chi connectivity index (χ1n) is 9.27. The van der Waals surface area contributed by atoms with Gasteiger partial charge in [-0.15, -0.1) is 0 Å². The Morgan fingerprint density at radius 1 is 1.15 bits per heavy atom. The summed E-state index contributed by atoms with van der Waals surface area (Å²) in [6.07, 6.45) is 6.81. The Bertz CT molecular complexity index is 673. The zero-order valence-corrected chi connectivity index (χ0v) is 15.7. The Balaban J connectivity index is 1.91. The number of carbonyl (C=O) groups is 5. The van der Waals surface area contributed by atoms with Crippen molar-refractivity contribution in [3.8, 4) is 0 Å². The first-order chi connectivity index (χ1) is 12.8. The van der Waals surface area contributed by atoms with Crippen LogP contribution in [0.4, 0.5) is 4.79 Å². The van der Waals surface area contributed by atoms with E-state index in [-0.39, 0.29) is 12.5 Å². The van der Waals surface area contributed by atoms with Gasteiger partial charge in [0.05, 0.1) is 0 Å². The first-order valence-corrected chi connectivity index (χ1v) is 9.27. The maximum Gasteiger partial charge on any atom is 0.334 e. The third kappa shape index (κ3) is 5.15. The largest absolute Gasteiger partial charge is 0.355 e. The molecular formula is C18H26N4O5. The van der Waals surface area contributed by atoms with Crippen LogP contribution in [-0.2, 0) is 19.2 Å². The zero-order chi connectivity index (χ0) is 20.0. The third-order valence-corrected chi connectivity index (χ3v) is 4.60. The lowest BCUT2D eigenvalue weighted by molar-refractivity contribution is -0.144. The number of allylic oxidation sites excluding steroid dienone is 1. The van der Waals surface area contributed by atoms with Gasteiger partial charge in [-0.3, -0.25) is 24.1 Å². The highest BCUT2D eigenvalue weighted by molar-refractivity contribution is 6.45. The van der Waals surface area contributed by atoms with Gasteiger partial charge in [0.2, 0.25) is 11.8 Å². The second-order valence-corrected chi connectivity index (χ2v) is 6.67. The fourth-order valence-corrected chi connectivity index (χ4v) is 3.10. The number of urea groups is 1. The van der Waals surface area contributed by atoms with Crippen LogP contribution in [0.2, 0.25) is 0 Å². The second kappa shape index (κ2) is 9.29. The van der Waals surface area contributed by atoms with Crippen LogP contribution in [0.25, 0.3) is 0 Å².